The fraction of sp³-hybridized carbons (Fsp3) is 0.364. The van der Waals surface area contributed by atoms with Gasteiger partial charge in [-0.25, -0.2) is 8.42 Å². The van der Waals surface area contributed by atoms with E-state index in [2.05, 4.69) is 21.2 Å². The molecule has 3 aromatic carbocycles. The molecule has 1 N–H and O–H groups in total. The van der Waals surface area contributed by atoms with Crippen LogP contribution in [0.3, 0.4) is 0 Å². The SMILES string of the molecule is CC(=O)c1cccc(N(CC(=O)N(Cc2cccc(Br)c2)[C@H](Cc2ccccc2)C(=O)NC2CCCCC2)S(C)(=O)=O)c1. The minimum atomic E-state index is -3.93. The van der Waals surface area contributed by atoms with E-state index >= 15 is 0 Å². The van der Waals surface area contributed by atoms with Gasteiger partial charge in [0.15, 0.2) is 5.78 Å². The van der Waals surface area contributed by atoms with Crippen LogP contribution in [0.4, 0.5) is 5.69 Å². The number of rotatable bonds is 12. The number of nitrogens with one attached hydrogen (secondary N) is 1. The average Bonchev–Trinajstić information content (AvgIpc) is 2.98. The van der Waals surface area contributed by atoms with Crippen LogP contribution >= 0.6 is 15.9 Å². The van der Waals surface area contributed by atoms with Crippen LogP contribution in [0.1, 0.15) is 60.5 Å². The summed E-state index contributed by atoms with van der Waals surface area (Å²) < 4.78 is 27.8. The second kappa shape index (κ2) is 14.8. The minimum Gasteiger partial charge on any atom is -0.352 e. The fourth-order valence-corrected chi connectivity index (χ4v) is 6.71. The van der Waals surface area contributed by atoms with Gasteiger partial charge >= 0.3 is 0 Å². The third-order valence-corrected chi connectivity index (χ3v) is 9.32. The molecule has 43 heavy (non-hydrogen) atoms. The van der Waals surface area contributed by atoms with Gasteiger partial charge < -0.3 is 10.2 Å². The molecular weight excluding hydrogens is 630 g/mol. The Morgan fingerprint density at radius 2 is 1.58 bits per heavy atom. The molecule has 1 saturated carbocycles. The van der Waals surface area contributed by atoms with Gasteiger partial charge in [-0.3, -0.25) is 18.7 Å². The Bertz CT molecular complexity index is 1540. The molecule has 1 fully saturated rings. The molecule has 0 heterocycles. The van der Waals surface area contributed by atoms with Crippen LogP contribution in [0.2, 0.25) is 0 Å². The molecule has 1 aliphatic carbocycles. The molecule has 0 spiro atoms. The number of anilines is 1. The van der Waals surface area contributed by atoms with Crippen molar-refractivity contribution in [2.45, 2.75) is 64.1 Å². The summed E-state index contributed by atoms with van der Waals surface area (Å²) in [5, 5.41) is 3.20. The Kier molecular flexibility index (Phi) is 11.2. The first kappa shape index (κ1) is 32.4. The Hall–Kier alpha value is -3.50. The van der Waals surface area contributed by atoms with E-state index in [0.717, 1.165) is 58.3 Å². The number of hydrogen-bond acceptors (Lipinski definition) is 5. The molecular formula is C33H38BrN3O5S. The summed E-state index contributed by atoms with van der Waals surface area (Å²) in [5.74, 6) is -1.01. The maximum absolute atomic E-state index is 14.3. The number of sulfonamides is 1. The monoisotopic (exact) mass is 667 g/mol. The normalized spacial score (nSPS) is 14.5. The first-order valence-electron chi connectivity index (χ1n) is 14.5. The van der Waals surface area contributed by atoms with Crippen molar-refractivity contribution < 1.29 is 22.8 Å². The molecule has 2 amide bonds. The van der Waals surface area contributed by atoms with Gasteiger partial charge in [0.05, 0.1) is 11.9 Å². The molecule has 10 heteroatoms. The van der Waals surface area contributed by atoms with Gasteiger partial charge in [-0.2, -0.15) is 0 Å². The van der Waals surface area contributed by atoms with E-state index in [1.165, 1.54) is 17.9 Å². The van der Waals surface area contributed by atoms with Gasteiger partial charge in [-0.15, -0.1) is 0 Å². The minimum absolute atomic E-state index is 0.0317. The fourth-order valence-electron chi connectivity index (χ4n) is 5.42. The summed E-state index contributed by atoms with van der Waals surface area (Å²) in [6.07, 6.45) is 6.28. The van der Waals surface area contributed by atoms with Gasteiger partial charge in [0.25, 0.3) is 0 Å². The molecule has 4 rings (SSSR count). The van der Waals surface area contributed by atoms with Crippen molar-refractivity contribution in [3.63, 3.8) is 0 Å². The first-order valence-corrected chi connectivity index (χ1v) is 17.1. The summed E-state index contributed by atoms with van der Waals surface area (Å²) in [4.78, 5) is 41.8. The standard InChI is InChI=1S/C33H38BrN3O5S/c1-24(38)27-14-10-18-30(21-27)37(43(2,41)42)23-32(39)36(22-26-13-9-15-28(34)19-26)31(20-25-11-5-3-6-12-25)33(40)35-29-16-7-4-8-17-29/h3,5-6,9-15,18-19,21,29,31H,4,7-8,16-17,20,22-23H2,1-2H3,(H,35,40)/t31-/m1/s1. The van der Waals surface area contributed by atoms with Gasteiger partial charge in [0.2, 0.25) is 21.8 Å². The third-order valence-electron chi connectivity index (χ3n) is 7.68. The van der Waals surface area contributed by atoms with Gasteiger partial charge in [-0.1, -0.05) is 89.8 Å². The third kappa shape index (κ3) is 9.24. The van der Waals surface area contributed by atoms with Gasteiger partial charge in [0.1, 0.15) is 12.6 Å². The quantitative estimate of drug-likeness (QED) is 0.257. The predicted molar refractivity (Wildman–Crippen MR) is 172 cm³/mol. The van der Waals surface area contributed by atoms with Crippen LogP contribution in [0.25, 0.3) is 0 Å². The molecule has 0 bridgehead atoms. The van der Waals surface area contributed by atoms with Gasteiger partial charge in [0, 0.05) is 29.0 Å². The van der Waals surface area contributed by atoms with Crippen molar-refractivity contribution in [3.8, 4) is 0 Å². The van der Waals surface area contributed by atoms with Crippen LogP contribution in [0.15, 0.2) is 83.3 Å². The maximum atomic E-state index is 14.3. The van der Waals surface area contributed by atoms with E-state index in [1.54, 1.807) is 18.2 Å². The van der Waals surface area contributed by atoms with Crippen LogP contribution in [-0.4, -0.2) is 55.8 Å². The maximum Gasteiger partial charge on any atom is 0.244 e. The highest BCUT2D eigenvalue weighted by molar-refractivity contribution is 9.10. The highest BCUT2D eigenvalue weighted by atomic mass is 79.9. The second-order valence-electron chi connectivity index (χ2n) is 11.1. The lowest BCUT2D eigenvalue weighted by atomic mass is 9.94. The average molecular weight is 669 g/mol. The zero-order valence-electron chi connectivity index (χ0n) is 24.5. The molecule has 8 nitrogen and oxygen atoms in total. The highest BCUT2D eigenvalue weighted by Gasteiger charge is 2.34. The molecule has 1 atom stereocenters. The number of Topliss-reactive ketones (excluding diaryl/α,β-unsaturated/α-hetero) is 1. The van der Waals surface area contributed by atoms with E-state index in [0.29, 0.717) is 5.56 Å². The van der Waals surface area contributed by atoms with Crippen LogP contribution in [0, 0.1) is 0 Å². The lowest BCUT2D eigenvalue weighted by molar-refractivity contribution is -0.140. The highest BCUT2D eigenvalue weighted by Crippen LogP contribution is 2.23. The van der Waals surface area contributed by atoms with E-state index in [9.17, 15) is 22.8 Å². The number of carbonyl (C=O) groups excluding carboxylic acids is 3. The predicted octanol–water partition coefficient (Wildman–Crippen LogP) is 5.51. The van der Waals surface area contributed by atoms with E-state index in [1.807, 2.05) is 54.6 Å². The summed E-state index contributed by atoms with van der Waals surface area (Å²) in [7, 11) is -3.93. The zero-order valence-corrected chi connectivity index (χ0v) is 26.9. The van der Waals surface area contributed by atoms with Crippen molar-refractivity contribution in [1.29, 1.82) is 0 Å². The summed E-state index contributed by atoms with van der Waals surface area (Å²) >= 11 is 3.49. The Morgan fingerprint density at radius 3 is 2.23 bits per heavy atom. The molecule has 1 aliphatic rings. The lowest BCUT2D eigenvalue weighted by Gasteiger charge is -2.35. The summed E-state index contributed by atoms with van der Waals surface area (Å²) in [6.45, 7) is 0.961. The van der Waals surface area contributed by atoms with Gasteiger partial charge in [-0.05, 0) is 55.2 Å². The number of ketones is 1. The number of hydrogen-bond donors (Lipinski definition) is 1. The lowest BCUT2D eigenvalue weighted by Crippen LogP contribution is -2.55. The smallest absolute Gasteiger partial charge is 0.244 e. The van der Waals surface area contributed by atoms with Crippen molar-refractivity contribution in [2.75, 3.05) is 17.1 Å². The van der Waals surface area contributed by atoms with Crippen LogP contribution < -0.4 is 9.62 Å². The number of carbonyl (C=O) groups is 3. The Morgan fingerprint density at radius 1 is 0.907 bits per heavy atom. The number of benzene rings is 3. The molecule has 0 saturated heterocycles. The van der Waals surface area contributed by atoms with Crippen molar-refractivity contribution in [1.82, 2.24) is 10.2 Å². The summed E-state index contributed by atoms with van der Waals surface area (Å²) in [6, 6.07) is 22.3. The largest absolute Gasteiger partial charge is 0.352 e. The van der Waals surface area contributed by atoms with Crippen LogP contribution in [0.5, 0.6) is 0 Å². The van der Waals surface area contributed by atoms with Crippen molar-refractivity contribution in [3.05, 3.63) is 100 Å². The van der Waals surface area contributed by atoms with Crippen molar-refractivity contribution in [2.24, 2.45) is 0 Å². The molecule has 0 unspecified atom stereocenters. The topological polar surface area (TPSA) is 104 Å². The summed E-state index contributed by atoms with van der Waals surface area (Å²) in [5.41, 5.74) is 2.21. The van der Waals surface area contributed by atoms with E-state index in [4.69, 9.17) is 0 Å². The molecule has 0 aromatic heterocycles. The number of amides is 2. The second-order valence-corrected chi connectivity index (χ2v) is 13.9. The number of nitrogens with zero attached hydrogens (tertiary/aromatic N) is 2. The Labute approximate surface area is 262 Å². The first-order chi connectivity index (χ1) is 20.5. The molecule has 0 radical (unpaired) electrons. The van der Waals surface area contributed by atoms with Crippen molar-refractivity contribution >= 4 is 49.2 Å². The molecule has 228 valence electrons. The zero-order chi connectivity index (χ0) is 31.0. The van der Waals surface area contributed by atoms with E-state index < -0.39 is 28.5 Å². The van der Waals surface area contributed by atoms with E-state index in [-0.39, 0.29) is 36.4 Å². The molecule has 0 aliphatic heterocycles. The van der Waals surface area contributed by atoms with Crippen LogP contribution in [-0.2, 0) is 32.6 Å². The molecule has 3 aromatic rings. The number of halogens is 1. The Balaban J connectivity index is 1.73.